The van der Waals surface area contributed by atoms with E-state index in [1.54, 1.807) is 25.3 Å². The molecule has 0 aliphatic carbocycles. The summed E-state index contributed by atoms with van der Waals surface area (Å²) in [6, 6.07) is 5.34. The summed E-state index contributed by atoms with van der Waals surface area (Å²) in [5.74, 6) is 0.833. The third kappa shape index (κ3) is 3.32. The van der Waals surface area contributed by atoms with Crippen molar-refractivity contribution >= 4 is 21.7 Å². The van der Waals surface area contributed by atoms with Crippen molar-refractivity contribution in [2.75, 3.05) is 27.7 Å². The lowest BCUT2D eigenvalue weighted by Gasteiger charge is -2.09. The van der Waals surface area contributed by atoms with Crippen LogP contribution in [0.15, 0.2) is 22.7 Å². The molecule has 0 heterocycles. The SMILES string of the molecule is COc1ccc(C(=O)CN(C)C)cc1Br. The summed E-state index contributed by atoms with van der Waals surface area (Å²) in [5, 5.41) is 0. The molecule has 0 fully saturated rings. The summed E-state index contributed by atoms with van der Waals surface area (Å²) in [5.41, 5.74) is 0.691. The van der Waals surface area contributed by atoms with E-state index in [4.69, 9.17) is 4.74 Å². The number of ether oxygens (including phenoxy) is 1. The van der Waals surface area contributed by atoms with Crippen LogP contribution in [0.3, 0.4) is 0 Å². The molecule has 0 aliphatic rings. The van der Waals surface area contributed by atoms with Crippen LogP contribution in [-0.4, -0.2) is 38.4 Å². The molecule has 1 aromatic rings. The van der Waals surface area contributed by atoms with Gasteiger partial charge in [0.1, 0.15) is 5.75 Å². The first-order chi connectivity index (χ1) is 7.04. The number of methoxy groups -OCH3 is 1. The number of halogens is 1. The van der Waals surface area contributed by atoms with E-state index >= 15 is 0 Å². The largest absolute Gasteiger partial charge is 0.496 e. The Hall–Kier alpha value is -0.870. The fourth-order valence-corrected chi connectivity index (χ4v) is 1.76. The van der Waals surface area contributed by atoms with Crippen molar-refractivity contribution in [1.82, 2.24) is 4.90 Å². The first kappa shape index (κ1) is 12.2. The van der Waals surface area contributed by atoms with Gasteiger partial charge in [-0.05, 0) is 48.2 Å². The zero-order valence-electron chi connectivity index (χ0n) is 9.08. The molecule has 4 heteroatoms. The number of ketones is 1. The van der Waals surface area contributed by atoms with Gasteiger partial charge < -0.3 is 9.64 Å². The van der Waals surface area contributed by atoms with Gasteiger partial charge in [-0.2, -0.15) is 0 Å². The highest BCUT2D eigenvalue weighted by Gasteiger charge is 2.09. The molecule has 15 heavy (non-hydrogen) atoms. The average Bonchev–Trinajstić information content (AvgIpc) is 2.16. The highest BCUT2D eigenvalue weighted by atomic mass is 79.9. The molecule has 0 aliphatic heterocycles. The molecule has 0 amide bonds. The normalized spacial score (nSPS) is 10.5. The third-order valence-corrected chi connectivity index (χ3v) is 2.55. The minimum atomic E-state index is 0.100. The van der Waals surface area contributed by atoms with Crippen LogP contribution in [0.2, 0.25) is 0 Å². The zero-order valence-corrected chi connectivity index (χ0v) is 10.7. The van der Waals surface area contributed by atoms with Crippen molar-refractivity contribution < 1.29 is 9.53 Å². The molecule has 0 atom stereocenters. The standard InChI is InChI=1S/C11H14BrNO2/c1-13(2)7-10(14)8-4-5-11(15-3)9(12)6-8/h4-6H,7H2,1-3H3. The van der Waals surface area contributed by atoms with Gasteiger partial charge in [0.15, 0.2) is 5.78 Å². The topological polar surface area (TPSA) is 29.5 Å². The molecule has 1 rings (SSSR count). The van der Waals surface area contributed by atoms with Crippen molar-refractivity contribution in [3.05, 3.63) is 28.2 Å². The maximum atomic E-state index is 11.7. The van der Waals surface area contributed by atoms with E-state index < -0.39 is 0 Å². The highest BCUT2D eigenvalue weighted by molar-refractivity contribution is 9.10. The Balaban J connectivity index is 2.87. The fourth-order valence-electron chi connectivity index (χ4n) is 1.22. The van der Waals surface area contributed by atoms with Gasteiger partial charge in [0.25, 0.3) is 0 Å². The molecule has 0 aromatic heterocycles. The first-order valence-corrected chi connectivity index (χ1v) is 5.35. The van der Waals surface area contributed by atoms with E-state index in [0.29, 0.717) is 12.1 Å². The van der Waals surface area contributed by atoms with Crippen molar-refractivity contribution in [1.29, 1.82) is 0 Å². The molecule has 0 unspecified atom stereocenters. The Morgan fingerprint density at radius 2 is 2.13 bits per heavy atom. The Morgan fingerprint density at radius 3 is 2.60 bits per heavy atom. The van der Waals surface area contributed by atoms with E-state index in [9.17, 15) is 4.79 Å². The number of hydrogen-bond acceptors (Lipinski definition) is 3. The Morgan fingerprint density at radius 1 is 1.47 bits per heavy atom. The summed E-state index contributed by atoms with van der Waals surface area (Å²) < 4.78 is 5.89. The quantitative estimate of drug-likeness (QED) is 0.787. The van der Waals surface area contributed by atoms with Crippen LogP contribution in [0, 0.1) is 0 Å². The van der Waals surface area contributed by atoms with Crippen LogP contribution in [0.4, 0.5) is 0 Å². The van der Waals surface area contributed by atoms with Gasteiger partial charge in [-0.1, -0.05) is 0 Å². The maximum absolute atomic E-state index is 11.7. The Kier molecular flexibility index (Phi) is 4.29. The molecule has 0 bridgehead atoms. The minimum absolute atomic E-state index is 0.100. The number of carbonyl (C=O) groups excluding carboxylic acids is 1. The average molecular weight is 272 g/mol. The third-order valence-electron chi connectivity index (χ3n) is 1.93. The molecular formula is C11H14BrNO2. The van der Waals surface area contributed by atoms with Crippen LogP contribution in [0.5, 0.6) is 5.75 Å². The summed E-state index contributed by atoms with van der Waals surface area (Å²) in [7, 11) is 5.34. The molecular weight excluding hydrogens is 258 g/mol. The van der Waals surface area contributed by atoms with Crippen molar-refractivity contribution in [2.45, 2.75) is 0 Å². The molecule has 3 nitrogen and oxygen atoms in total. The summed E-state index contributed by atoms with van der Waals surface area (Å²) in [6.45, 7) is 0.415. The summed E-state index contributed by atoms with van der Waals surface area (Å²) in [4.78, 5) is 13.6. The number of benzene rings is 1. The lowest BCUT2D eigenvalue weighted by atomic mass is 10.1. The second-order valence-electron chi connectivity index (χ2n) is 3.51. The van der Waals surface area contributed by atoms with Gasteiger partial charge in [-0.15, -0.1) is 0 Å². The predicted molar refractivity (Wildman–Crippen MR) is 63.6 cm³/mol. The predicted octanol–water partition coefficient (Wildman–Crippen LogP) is 2.20. The van der Waals surface area contributed by atoms with Crippen LogP contribution >= 0.6 is 15.9 Å². The van der Waals surface area contributed by atoms with Crippen LogP contribution in [0.25, 0.3) is 0 Å². The van der Waals surface area contributed by atoms with E-state index in [1.807, 2.05) is 19.0 Å². The molecule has 82 valence electrons. The van der Waals surface area contributed by atoms with Gasteiger partial charge in [0, 0.05) is 5.56 Å². The first-order valence-electron chi connectivity index (χ1n) is 4.56. The van der Waals surface area contributed by atoms with Crippen molar-refractivity contribution in [2.24, 2.45) is 0 Å². The number of hydrogen-bond donors (Lipinski definition) is 0. The number of rotatable bonds is 4. The maximum Gasteiger partial charge on any atom is 0.176 e. The zero-order chi connectivity index (χ0) is 11.4. The Bertz CT molecular complexity index is 364. The summed E-state index contributed by atoms with van der Waals surface area (Å²) in [6.07, 6.45) is 0. The molecule has 0 spiro atoms. The lowest BCUT2D eigenvalue weighted by molar-refractivity contribution is 0.0958. The van der Waals surface area contributed by atoms with Crippen LogP contribution < -0.4 is 4.74 Å². The van der Waals surface area contributed by atoms with Crippen LogP contribution in [0.1, 0.15) is 10.4 Å². The van der Waals surface area contributed by atoms with E-state index in [1.165, 1.54) is 0 Å². The Labute approximate surface area is 98.2 Å². The van der Waals surface area contributed by atoms with Gasteiger partial charge >= 0.3 is 0 Å². The second-order valence-corrected chi connectivity index (χ2v) is 4.36. The van der Waals surface area contributed by atoms with Crippen LogP contribution in [-0.2, 0) is 0 Å². The summed E-state index contributed by atoms with van der Waals surface area (Å²) >= 11 is 3.35. The second kappa shape index (κ2) is 5.28. The molecule has 0 radical (unpaired) electrons. The van der Waals surface area contributed by atoms with E-state index in [2.05, 4.69) is 15.9 Å². The van der Waals surface area contributed by atoms with E-state index in [-0.39, 0.29) is 5.78 Å². The number of Topliss-reactive ketones (excluding diaryl/α,β-unsaturated/α-hetero) is 1. The van der Waals surface area contributed by atoms with Crippen molar-refractivity contribution in [3.63, 3.8) is 0 Å². The van der Waals surface area contributed by atoms with Gasteiger partial charge in [0.05, 0.1) is 18.1 Å². The number of nitrogens with zero attached hydrogens (tertiary/aromatic N) is 1. The molecule has 0 saturated carbocycles. The number of carbonyl (C=O) groups is 1. The minimum Gasteiger partial charge on any atom is -0.496 e. The monoisotopic (exact) mass is 271 g/mol. The van der Waals surface area contributed by atoms with Gasteiger partial charge in [-0.3, -0.25) is 4.79 Å². The van der Waals surface area contributed by atoms with Crippen molar-refractivity contribution in [3.8, 4) is 5.75 Å². The smallest absolute Gasteiger partial charge is 0.176 e. The lowest BCUT2D eigenvalue weighted by Crippen LogP contribution is -2.21. The molecule has 0 N–H and O–H groups in total. The van der Waals surface area contributed by atoms with Gasteiger partial charge in [-0.25, -0.2) is 0 Å². The fraction of sp³-hybridized carbons (Fsp3) is 0.364. The molecule has 0 saturated heterocycles. The molecule has 1 aromatic carbocycles. The van der Waals surface area contributed by atoms with E-state index in [0.717, 1.165) is 10.2 Å². The highest BCUT2D eigenvalue weighted by Crippen LogP contribution is 2.25. The number of likely N-dealkylation sites (N-methyl/N-ethyl adjacent to an activating group) is 1. The van der Waals surface area contributed by atoms with Gasteiger partial charge in [0.2, 0.25) is 0 Å².